The largest absolute Gasteiger partial charge is 0.507 e. The van der Waals surface area contributed by atoms with Crippen molar-refractivity contribution < 1.29 is 29.3 Å². The average Bonchev–Trinajstić information content (AvgIpc) is 2.59. The third kappa shape index (κ3) is 4.96. The fraction of sp³-hybridized carbons (Fsp3) is 0.111. The zero-order chi connectivity index (χ0) is 18.4. The molecule has 0 saturated carbocycles. The molecule has 0 heterocycles. The lowest BCUT2D eigenvalue weighted by molar-refractivity contribution is 0.0446. The van der Waals surface area contributed by atoms with Gasteiger partial charge in [0, 0.05) is 0 Å². The molecule has 2 rings (SSSR count). The van der Waals surface area contributed by atoms with Gasteiger partial charge in [-0.15, -0.1) is 0 Å². The Balaban J connectivity index is 1.90. The third-order valence-corrected chi connectivity index (χ3v) is 4.07. The van der Waals surface area contributed by atoms with Gasteiger partial charge >= 0.3 is 11.9 Å². The van der Waals surface area contributed by atoms with Gasteiger partial charge in [-0.05, 0) is 58.5 Å². The van der Waals surface area contributed by atoms with Gasteiger partial charge in [0.1, 0.15) is 30.3 Å². The van der Waals surface area contributed by atoms with Crippen LogP contribution in [0.15, 0.2) is 43.0 Å². The monoisotopic (exact) mass is 454 g/mol. The number of halogens is 1. The van der Waals surface area contributed by atoms with E-state index in [1.807, 2.05) is 22.6 Å². The van der Waals surface area contributed by atoms with Crippen LogP contribution in [0.25, 0.3) is 6.08 Å². The molecule has 0 amide bonds. The number of aromatic carboxylic acids is 1. The second-order valence-corrected chi connectivity index (χ2v) is 6.08. The molecule has 2 N–H and O–H groups in total. The molecule has 130 valence electrons. The lowest BCUT2D eigenvalue weighted by Crippen LogP contribution is -2.13. The van der Waals surface area contributed by atoms with Crippen LogP contribution < -0.4 is 4.74 Å². The number of rotatable bonds is 7. The third-order valence-electron chi connectivity index (χ3n) is 3.23. The van der Waals surface area contributed by atoms with E-state index in [0.717, 1.165) is 0 Å². The van der Waals surface area contributed by atoms with Gasteiger partial charge in [-0.3, -0.25) is 0 Å². The summed E-state index contributed by atoms with van der Waals surface area (Å²) in [5, 5.41) is 18.6. The Labute approximate surface area is 157 Å². The Morgan fingerprint density at radius 1 is 1.16 bits per heavy atom. The molecule has 2 aromatic rings. The first-order valence-corrected chi connectivity index (χ1v) is 8.28. The molecule has 0 fully saturated rings. The fourth-order valence-electron chi connectivity index (χ4n) is 1.96. The standard InChI is InChI=1S/C18H15IO6/c1-2-11-3-5-15(20)13(9-11)18(23)25-8-7-24-16-6-4-12(17(21)22)10-14(16)19/h2-6,9-10,20H,1,7-8H2,(H,21,22). The quantitative estimate of drug-likeness (QED) is 0.378. The number of aromatic hydroxyl groups is 1. The van der Waals surface area contributed by atoms with Gasteiger partial charge in [-0.1, -0.05) is 18.7 Å². The van der Waals surface area contributed by atoms with E-state index in [0.29, 0.717) is 14.9 Å². The zero-order valence-corrected chi connectivity index (χ0v) is 15.2. The van der Waals surface area contributed by atoms with E-state index < -0.39 is 11.9 Å². The van der Waals surface area contributed by atoms with Crippen LogP contribution in [0.3, 0.4) is 0 Å². The number of ether oxygens (including phenoxy) is 2. The van der Waals surface area contributed by atoms with Crippen LogP contribution in [-0.2, 0) is 4.74 Å². The maximum atomic E-state index is 12.0. The van der Waals surface area contributed by atoms with E-state index in [9.17, 15) is 14.7 Å². The number of benzene rings is 2. The van der Waals surface area contributed by atoms with Crippen LogP contribution in [0, 0.1) is 3.57 Å². The molecule has 0 aliphatic heterocycles. The molecule has 0 spiro atoms. The Bertz CT molecular complexity index is 815. The highest BCUT2D eigenvalue weighted by molar-refractivity contribution is 14.1. The maximum absolute atomic E-state index is 12.0. The van der Waals surface area contributed by atoms with Gasteiger partial charge in [0.2, 0.25) is 0 Å². The van der Waals surface area contributed by atoms with Gasteiger partial charge in [0.25, 0.3) is 0 Å². The molecular weight excluding hydrogens is 439 g/mol. The Hall–Kier alpha value is -2.55. The highest BCUT2D eigenvalue weighted by Gasteiger charge is 2.13. The van der Waals surface area contributed by atoms with Crippen molar-refractivity contribution in [2.45, 2.75) is 0 Å². The van der Waals surface area contributed by atoms with Crippen molar-refractivity contribution in [1.82, 2.24) is 0 Å². The Morgan fingerprint density at radius 2 is 1.92 bits per heavy atom. The first-order chi connectivity index (χ1) is 11.9. The lowest BCUT2D eigenvalue weighted by atomic mass is 10.1. The van der Waals surface area contributed by atoms with Gasteiger partial charge in [0.05, 0.1) is 9.13 Å². The predicted molar refractivity (Wildman–Crippen MR) is 100 cm³/mol. The number of phenolic OH excluding ortho intramolecular Hbond substituents is 1. The molecule has 0 aromatic heterocycles. The van der Waals surface area contributed by atoms with Crippen molar-refractivity contribution in [2.75, 3.05) is 13.2 Å². The highest BCUT2D eigenvalue weighted by atomic mass is 127. The smallest absolute Gasteiger partial charge is 0.342 e. The van der Waals surface area contributed by atoms with Crippen molar-refractivity contribution in [1.29, 1.82) is 0 Å². The molecular formula is C18H15IO6. The van der Waals surface area contributed by atoms with Crippen molar-refractivity contribution >= 4 is 40.6 Å². The summed E-state index contributed by atoms with van der Waals surface area (Å²) in [6.45, 7) is 3.68. The predicted octanol–water partition coefficient (Wildman–Crippen LogP) is 3.57. The molecule has 2 aromatic carbocycles. The number of phenols is 1. The highest BCUT2D eigenvalue weighted by Crippen LogP contribution is 2.23. The van der Waals surface area contributed by atoms with E-state index in [2.05, 4.69) is 6.58 Å². The van der Waals surface area contributed by atoms with Crippen molar-refractivity contribution in [3.63, 3.8) is 0 Å². The van der Waals surface area contributed by atoms with Crippen LogP contribution in [-0.4, -0.2) is 35.4 Å². The summed E-state index contributed by atoms with van der Waals surface area (Å²) in [6, 6.07) is 8.99. The van der Waals surface area contributed by atoms with E-state index in [-0.39, 0.29) is 30.1 Å². The number of carbonyl (C=O) groups is 2. The number of carboxylic acids is 1. The first-order valence-electron chi connectivity index (χ1n) is 7.20. The fourth-order valence-corrected chi connectivity index (χ4v) is 2.63. The number of esters is 1. The molecule has 0 atom stereocenters. The van der Waals surface area contributed by atoms with E-state index in [1.165, 1.54) is 24.3 Å². The molecule has 25 heavy (non-hydrogen) atoms. The Morgan fingerprint density at radius 3 is 2.56 bits per heavy atom. The van der Waals surface area contributed by atoms with Gasteiger partial charge in [-0.25, -0.2) is 9.59 Å². The number of hydrogen-bond donors (Lipinski definition) is 2. The summed E-state index contributed by atoms with van der Waals surface area (Å²) in [4.78, 5) is 22.9. The summed E-state index contributed by atoms with van der Waals surface area (Å²) < 4.78 is 11.2. The summed E-state index contributed by atoms with van der Waals surface area (Å²) in [5.74, 6) is -1.35. The lowest BCUT2D eigenvalue weighted by Gasteiger charge is -2.10. The van der Waals surface area contributed by atoms with Crippen molar-refractivity contribution in [3.05, 3.63) is 63.2 Å². The molecule has 7 heteroatoms. The summed E-state index contributed by atoms with van der Waals surface area (Å²) in [6.07, 6.45) is 1.56. The number of carboxylic acid groups (broad SMARTS) is 1. The second kappa shape index (κ2) is 8.52. The normalized spacial score (nSPS) is 10.1. The minimum Gasteiger partial charge on any atom is -0.507 e. The molecule has 0 aliphatic rings. The van der Waals surface area contributed by atoms with Gasteiger partial charge in [-0.2, -0.15) is 0 Å². The van der Waals surface area contributed by atoms with Crippen LogP contribution in [0.4, 0.5) is 0 Å². The van der Waals surface area contributed by atoms with E-state index in [1.54, 1.807) is 18.2 Å². The minimum absolute atomic E-state index is 0.0205. The summed E-state index contributed by atoms with van der Waals surface area (Å²) in [7, 11) is 0. The van der Waals surface area contributed by atoms with Crippen LogP contribution in [0.2, 0.25) is 0 Å². The topological polar surface area (TPSA) is 93.1 Å². The average molecular weight is 454 g/mol. The van der Waals surface area contributed by atoms with Crippen molar-refractivity contribution in [2.24, 2.45) is 0 Å². The molecule has 0 saturated heterocycles. The SMILES string of the molecule is C=Cc1ccc(O)c(C(=O)OCCOc2ccc(C(=O)O)cc2I)c1. The van der Waals surface area contributed by atoms with Crippen LogP contribution >= 0.6 is 22.6 Å². The molecule has 0 radical (unpaired) electrons. The van der Waals surface area contributed by atoms with Gasteiger partial charge < -0.3 is 19.7 Å². The molecule has 0 aliphatic carbocycles. The van der Waals surface area contributed by atoms with E-state index >= 15 is 0 Å². The molecule has 0 unspecified atom stereocenters. The Kier molecular flexibility index (Phi) is 6.40. The zero-order valence-electron chi connectivity index (χ0n) is 13.1. The summed E-state index contributed by atoms with van der Waals surface area (Å²) >= 11 is 1.97. The van der Waals surface area contributed by atoms with Crippen molar-refractivity contribution in [3.8, 4) is 11.5 Å². The maximum Gasteiger partial charge on any atom is 0.342 e. The summed E-state index contributed by atoms with van der Waals surface area (Å²) in [5.41, 5.74) is 0.910. The molecule has 0 bridgehead atoms. The first kappa shape index (κ1) is 18.8. The second-order valence-electron chi connectivity index (χ2n) is 4.92. The minimum atomic E-state index is -1.01. The van der Waals surface area contributed by atoms with E-state index in [4.69, 9.17) is 14.6 Å². The number of hydrogen-bond acceptors (Lipinski definition) is 5. The van der Waals surface area contributed by atoms with Crippen LogP contribution in [0.1, 0.15) is 26.3 Å². The van der Waals surface area contributed by atoms with Gasteiger partial charge in [0.15, 0.2) is 0 Å². The van der Waals surface area contributed by atoms with Crippen LogP contribution in [0.5, 0.6) is 11.5 Å². The number of carbonyl (C=O) groups excluding carboxylic acids is 1. The molecule has 6 nitrogen and oxygen atoms in total.